The van der Waals surface area contributed by atoms with E-state index in [2.05, 4.69) is 15.6 Å². The quantitative estimate of drug-likeness (QED) is 0.894. The lowest BCUT2D eigenvalue weighted by atomic mass is 10.1. The Labute approximate surface area is 140 Å². The van der Waals surface area contributed by atoms with Crippen molar-refractivity contribution in [3.8, 4) is 0 Å². The predicted molar refractivity (Wildman–Crippen MR) is 93.0 cm³/mol. The zero-order chi connectivity index (χ0) is 16.9. The Bertz CT molecular complexity index is 743. The van der Waals surface area contributed by atoms with Crippen LogP contribution in [0.25, 0.3) is 0 Å². The van der Waals surface area contributed by atoms with Gasteiger partial charge < -0.3 is 15.5 Å². The molecule has 1 saturated heterocycles. The van der Waals surface area contributed by atoms with Crippen LogP contribution in [0.4, 0.5) is 11.5 Å². The van der Waals surface area contributed by atoms with Crippen LogP contribution >= 0.6 is 0 Å². The summed E-state index contributed by atoms with van der Waals surface area (Å²) in [6.07, 6.45) is 1.95. The first-order valence-corrected chi connectivity index (χ1v) is 7.93. The van der Waals surface area contributed by atoms with Gasteiger partial charge in [-0.15, -0.1) is 0 Å². The van der Waals surface area contributed by atoms with Gasteiger partial charge in [0.15, 0.2) is 0 Å². The second-order valence-electron chi connectivity index (χ2n) is 5.89. The van der Waals surface area contributed by atoms with Crippen LogP contribution in [0.3, 0.4) is 0 Å². The fourth-order valence-electron chi connectivity index (χ4n) is 2.69. The number of amides is 2. The lowest BCUT2D eigenvalue weighted by molar-refractivity contribution is -0.120. The Morgan fingerprint density at radius 2 is 2.21 bits per heavy atom. The molecule has 2 amide bonds. The fourth-order valence-corrected chi connectivity index (χ4v) is 2.69. The Balaban J connectivity index is 1.59. The number of piperazine rings is 1. The van der Waals surface area contributed by atoms with Crippen molar-refractivity contribution in [1.29, 1.82) is 0 Å². The number of hydrogen-bond donors (Lipinski definition) is 2. The molecule has 6 heteroatoms. The van der Waals surface area contributed by atoms with Crippen molar-refractivity contribution in [2.24, 2.45) is 0 Å². The van der Waals surface area contributed by atoms with Gasteiger partial charge >= 0.3 is 0 Å². The summed E-state index contributed by atoms with van der Waals surface area (Å²) in [4.78, 5) is 29.8. The summed E-state index contributed by atoms with van der Waals surface area (Å²) in [7, 11) is 0. The number of nitrogens with one attached hydrogen (secondary N) is 2. The van der Waals surface area contributed by atoms with E-state index in [4.69, 9.17) is 0 Å². The van der Waals surface area contributed by atoms with Crippen molar-refractivity contribution in [2.45, 2.75) is 13.3 Å². The maximum atomic E-state index is 12.1. The molecule has 24 heavy (non-hydrogen) atoms. The van der Waals surface area contributed by atoms with Gasteiger partial charge in [0, 0.05) is 13.1 Å². The molecule has 0 spiro atoms. The molecule has 0 atom stereocenters. The Morgan fingerprint density at radius 3 is 2.92 bits per heavy atom. The molecule has 124 valence electrons. The number of anilines is 2. The Morgan fingerprint density at radius 1 is 1.33 bits per heavy atom. The first kappa shape index (κ1) is 16.0. The average molecular weight is 324 g/mol. The third kappa shape index (κ3) is 4.10. The van der Waals surface area contributed by atoms with Crippen LogP contribution in [0, 0.1) is 6.92 Å². The summed E-state index contributed by atoms with van der Waals surface area (Å²) >= 11 is 0. The minimum Gasteiger partial charge on any atom is -0.353 e. The van der Waals surface area contributed by atoms with E-state index >= 15 is 0 Å². The molecule has 1 aromatic carbocycles. The smallest absolute Gasteiger partial charge is 0.239 e. The molecule has 0 unspecified atom stereocenters. The third-order valence-electron chi connectivity index (χ3n) is 3.84. The molecule has 0 bridgehead atoms. The molecule has 2 aromatic rings. The summed E-state index contributed by atoms with van der Waals surface area (Å²) < 4.78 is 0. The molecule has 0 radical (unpaired) electrons. The lowest BCUT2D eigenvalue weighted by Gasteiger charge is -2.27. The van der Waals surface area contributed by atoms with E-state index in [9.17, 15) is 9.59 Å². The van der Waals surface area contributed by atoms with Gasteiger partial charge in [-0.1, -0.05) is 29.8 Å². The molecular weight excluding hydrogens is 304 g/mol. The molecule has 2 N–H and O–H groups in total. The minimum absolute atomic E-state index is 0.00131. The van der Waals surface area contributed by atoms with E-state index in [1.165, 1.54) is 0 Å². The first-order chi connectivity index (χ1) is 11.6. The van der Waals surface area contributed by atoms with Gasteiger partial charge in [0.05, 0.1) is 24.8 Å². The van der Waals surface area contributed by atoms with E-state index in [1.54, 1.807) is 6.20 Å². The van der Waals surface area contributed by atoms with Crippen LogP contribution in [0.5, 0.6) is 0 Å². The standard InChI is InChI=1S/C18H20N4O2/c1-13-3-2-4-14(9-13)10-17(23)21-15-5-6-16(20-11-15)22-8-7-19-18(24)12-22/h2-6,9,11H,7-8,10,12H2,1H3,(H,19,24)(H,21,23). The van der Waals surface area contributed by atoms with Crippen LogP contribution < -0.4 is 15.5 Å². The number of nitrogens with zero attached hydrogens (tertiary/aromatic N) is 2. The second-order valence-corrected chi connectivity index (χ2v) is 5.89. The molecule has 3 rings (SSSR count). The summed E-state index contributed by atoms with van der Waals surface area (Å²) in [6, 6.07) is 11.5. The van der Waals surface area contributed by atoms with E-state index in [0.29, 0.717) is 25.2 Å². The van der Waals surface area contributed by atoms with Crippen molar-refractivity contribution in [2.75, 3.05) is 29.9 Å². The van der Waals surface area contributed by atoms with Crippen LogP contribution in [-0.4, -0.2) is 36.4 Å². The van der Waals surface area contributed by atoms with Crippen molar-refractivity contribution in [1.82, 2.24) is 10.3 Å². The highest BCUT2D eigenvalue weighted by Gasteiger charge is 2.17. The molecule has 6 nitrogen and oxygen atoms in total. The summed E-state index contributed by atoms with van der Waals surface area (Å²) in [5.41, 5.74) is 2.77. The first-order valence-electron chi connectivity index (χ1n) is 7.93. The fraction of sp³-hybridized carbons (Fsp3) is 0.278. The lowest BCUT2D eigenvalue weighted by Crippen LogP contribution is -2.48. The SMILES string of the molecule is Cc1cccc(CC(=O)Nc2ccc(N3CCNC(=O)C3)nc2)c1. The van der Waals surface area contributed by atoms with Crippen molar-refractivity contribution < 1.29 is 9.59 Å². The number of carbonyl (C=O) groups excluding carboxylic acids is 2. The number of rotatable bonds is 4. The topological polar surface area (TPSA) is 74.3 Å². The third-order valence-corrected chi connectivity index (χ3v) is 3.84. The van der Waals surface area contributed by atoms with Gasteiger partial charge in [0.2, 0.25) is 11.8 Å². The monoisotopic (exact) mass is 324 g/mol. The van der Waals surface area contributed by atoms with Gasteiger partial charge in [-0.05, 0) is 24.6 Å². The second kappa shape index (κ2) is 7.12. The number of hydrogen-bond acceptors (Lipinski definition) is 4. The normalized spacial score (nSPS) is 14.2. The average Bonchev–Trinajstić information content (AvgIpc) is 2.55. The minimum atomic E-state index is -0.0764. The Hall–Kier alpha value is -2.89. The summed E-state index contributed by atoms with van der Waals surface area (Å²) in [5, 5.41) is 5.63. The molecule has 0 saturated carbocycles. The highest BCUT2D eigenvalue weighted by Crippen LogP contribution is 2.15. The molecule has 2 heterocycles. The van der Waals surface area contributed by atoms with Crippen LogP contribution in [-0.2, 0) is 16.0 Å². The summed E-state index contributed by atoms with van der Waals surface area (Å²) in [5.74, 6) is 0.660. The van der Waals surface area contributed by atoms with E-state index in [0.717, 1.165) is 23.5 Å². The molecule has 1 fully saturated rings. The maximum absolute atomic E-state index is 12.1. The van der Waals surface area contributed by atoms with Gasteiger partial charge in [0.25, 0.3) is 0 Å². The number of pyridine rings is 1. The highest BCUT2D eigenvalue weighted by atomic mass is 16.2. The zero-order valence-corrected chi connectivity index (χ0v) is 13.6. The molecular formula is C18H20N4O2. The van der Waals surface area contributed by atoms with Gasteiger partial charge in [-0.25, -0.2) is 4.98 Å². The molecule has 1 aliphatic rings. The maximum Gasteiger partial charge on any atom is 0.239 e. The number of carbonyl (C=O) groups is 2. The predicted octanol–water partition coefficient (Wildman–Crippen LogP) is 1.51. The number of aromatic nitrogens is 1. The highest BCUT2D eigenvalue weighted by molar-refractivity contribution is 5.92. The van der Waals surface area contributed by atoms with Gasteiger partial charge in [0.1, 0.15) is 5.82 Å². The van der Waals surface area contributed by atoms with Crippen LogP contribution in [0.15, 0.2) is 42.6 Å². The Kier molecular flexibility index (Phi) is 4.74. The van der Waals surface area contributed by atoms with E-state index in [-0.39, 0.29) is 11.8 Å². The zero-order valence-electron chi connectivity index (χ0n) is 13.6. The van der Waals surface area contributed by atoms with Crippen molar-refractivity contribution >= 4 is 23.3 Å². The molecule has 0 aliphatic carbocycles. The van der Waals surface area contributed by atoms with E-state index in [1.807, 2.05) is 48.2 Å². The van der Waals surface area contributed by atoms with Crippen LogP contribution in [0.2, 0.25) is 0 Å². The largest absolute Gasteiger partial charge is 0.353 e. The van der Waals surface area contributed by atoms with Crippen molar-refractivity contribution in [3.63, 3.8) is 0 Å². The number of aryl methyl sites for hydroxylation is 1. The van der Waals surface area contributed by atoms with Gasteiger partial charge in [-0.3, -0.25) is 9.59 Å². The summed E-state index contributed by atoms with van der Waals surface area (Å²) in [6.45, 7) is 3.67. The van der Waals surface area contributed by atoms with Crippen LogP contribution in [0.1, 0.15) is 11.1 Å². The van der Waals surface area contributed by atoms with Gasteiger partial charge in [-0.2, -0.15) is 0 Å². The van der Waals surface area contributed by atoms with E-state index < -0.39 is 0 Å². The number of benzene rings is 1. The van der Waals surface area contributed by atoms with Crippen molar-refractivity contribution in [3.05, 3.63) is 53.7 Å². The molecule has 1 aromatic heterocycles. The molecule has 1 aliphatic heterocycles.